The molecule has 248 valence electrons. The number of hydrogen-bond donors (Lipinski definition) is 0. The van der Waals surface area contributed by atoms with Crippen LogP contribution >= 0.6 is 0 Å². The molecule has 0 radical (unpaired) electrons. The predicted molar refractivity (Wildman–Crippen MR) is 180 cm³/mol. The van der Waals surface area contributed by atoms with Gasteiger partial charge in [0.15, 0.2) is 0 Å². The Kier molecular flexibility index (Phi) is 8.67. The normalized spacial score (nSPS) is 17.4. The number of benzene rings is 4. The van der Waals surface area contributed by atoms with Crippen LogP contribution in [-0.4, -0.2) is 86.3 Å². The molecule has 0 spiro atoms. The molecule has 12 heteroatoms. The summed E-state index contributed by atoms with van der Waals surface area (Å²) < 4.78 is 56.3. The second-order valence-corrected chi connectivity index (χ2v) is 16.2. The molecule has 4 aromatic carbocycles. The number of rotatable bonds is 6. The van der Waals surface area contributed by atoms with Crippen molar-refractivity contribution >= 4 is 31.9 Å². The Morgan fingerprint density at radius 3 is 1.12 bits per heavy atom. The molecule has 0 bridgehead atoms. The average molecular weight is 685 g/mol. The van der Waals surface area contributed by atoms with Crippen molar-refractivity contribution in [2.75, 3.05) is 39.3 Å². The molecular weight excluding hydrogens is 649 g/mol. The summed E-state index contributed by atoms with van der Waals surface area (Å²) >= 11 is 0. The molecule has 3 aliphatic rings. The monoisotopic (exact) mass is 684 g/mol. The van der Waals surface area contributed by atoms with E-state index < -0.39 is 20.0 Å². The number of sulfonamides is 2. The van der Waals surface area contributed by atoms with Gasteiger partial charge >= 0.3 is 0 Å². The number of carbonyl (C=O) groups is 2. The van der Waals surface area contributed by atoms with E-state index in [0.29, 0.717) is 76.3 Å². The second-order valence-electron chi connectivity index (χ2n) is 12.3. The molecule has 3 aliphatic heterocycles. The van der Waals surface area contributed by atoms with Gasteiger partial charge in [0.2, 0.25) is 20.0 Å². The van der Waals surface area contributed by atoms with E-state index in [1.807, 2.05) is 48.5 Å². The van der Waals surface area contributed by atoms with Crippen molar-refractivity contribution in [3.05, 3.63) is 130 Å². The third-order valence-corrected chi connectivity index (χ3v) is 13.2. The van der Waals surface area contributed by atoms with Gasteiger partial charge in [-0.3, -0.25) is 9.59 Å². The standard InChI is InChI=1S/C36H36N4O6S2/c41-35(29-9-13-33(14-10-29)47(43,44)39-19-17-27-5-1-3-7-31(27)25-39)37-21-23-38(24-22-37)36(42)30-11-15-34(16-12-30)48(45,46)40-20-18-28-6-2-4-8-32(28)26-40/h1-16H,17-26H2. The highest BCUT2D eigenvalue weighted by Gasteiger charge is 2.31. The first-order valence-electron chi connectivity index (χ1n) is 16.0. The first-order chi connectivity index (χ1) is 23.1. The van der Waals surface area contributed by atoms with Crippen LogP contribution in [0.1, 0.15) is 43.0 Å². The quantitative estimate of drug-likeness (QED) is 0.306. The first-order valence-corrected chi connectivity index (χ1v) is 18.9. The smallest absolute Gasteiger partial charge is 0.253 e. The van der Waals surface area contributed by atoms with E-state index in [1.54, 1.807) is 34.1 Å². The summed E-state index contributed by atoms with van der Waals surface area (Å²) in [5.41, 5.74) is 5.09. The Balaban J connectivity index is 0.943. The fraction of sp³-hybridized carbons (Fsp3) is 0.278. The van der Waals surface area contributed by atoms with Gasteiger partial charge < -0.3 is 9.80 Å². The summed E-state index contributed by atoms with van der Waals surface area (Å²) in [6.07, 6.45) is 1.31. The maximum absolute atomic E-state index is 13.3. The van der Waals surface area contributed by atoms with Gasteiger partial charge in [0.05, 0.1) is 9.79 Å². The molecule has 3 heterocycles. The lowest BCUT2D eigenvalue weighted by atomic mass is 10.0. The van der Waals surface area contributed by atoms with Crippen molar-refractivity contribution in [3.63, 3.8) is 0 Å². The zero-order valence-corrected chi connectivity index (χ0v) is 28.0. The summed E-state index contributed by atoms with van der Waals surface area (Å²) in [5.74, 6) is -0.458. The van der Waals surface area contributed by atoms with Gasteiger partial charge in [-0.05, 0) is 83.6 Å². The number of nitrogens with zero attached hydrogens (tertiary/aromatic N) is 4. The molecule has 0 atom stereocenters. The Morgan fingerprint density at radius 2 is 0.771 bits per heavy atom. The minimum atomic E-state index is -3.71. The maximum atomic E-state index is 13.3. The fourth-order valence-electron chi connectivity index (χ4n) is 6.66. The first kappa shape index (κ1) is 32.2. The van der Waals surface area contributed by atoms with Gasteiger partial charge in [-0.2, -0.15) is 8.61 Å². The number of fused-ring (bicyclic) bond motifs is 2. The summed E-state index contributed by atoms with van der Waals surface area (Å²) in [6.45, 7) is 2.72. The molecule has 0 aliphatic carbocycles. The van der Waals surface area contributed by atoms with Crippen molar-refractivity contribution < 1.29 is 26.4 Å². The highest BCUT2D eigenvalue weighted by Crippen LogP contribution is 2.27. The predicted octanol–water partition coefficient (Wildman–Crippen LogP) is 3.78. The molecule has 0 saturated carbocycles. The molecule has 4 aromatic rings. The molecule has 2 amide bonds. The van der Waals surface area contributed by atoms with Gasteiger partial charge in [-0.25, -0.2) is 16.8 Å². The molecule has 1 fully saturated rings. The van der Waals surface area contributed by atoms with Crippen LogP contribution in [0.2, 0.25) is 0 Å². The van der Waals surface area contributed by atoms with Crippen LogP contribution in [0.25, 0.3) is 0 Å². The lowest BCUT2D eigenvalue weighted by Crippen LogP contribution is -2.50. The molecule has 48 heavy (non-hydrogen) atoms. The van der Waals surface area contributed by atoms with Crippen LogP contribution in [0.4, 0.5) is 0 Å². The SMILES string of the molecule is O=C(c1ccc(S(=O)(=O)N2CCc3ccccc3C2)cc1)N1CCN(C(=O)c2ccc(S(=O)(=O)N3CCc4ccccc4C3)cc2)CC1. The number of carbonyl (C=O) groups excluding carboxylic acids is 2. The molecular formula is C36H36N4O6S2. The third kappa shape index (κ3) is 6.16. The Bertz CT molecular complexity index is 1920. The van der Waals surface area contributed by atoms with Crippen LogP contribution in [0.5, 0.6) is 0 Å². The highest BCUT2D eigenvalue weighted by atomic mass is 32.2. The fourth-order valence-corrected chi connectivity index (χ4v) is 9.50. The maximum Gasteiger partial charge on any atom is 0.253 e. The van der Waals surface area contributed by atoms with Crippen LogP contribution in [-0.2, 0) is 46.0 Å². The minimum Gasteiger partial charge on any atom is -0.335 e. The van der Waals surface area contributed by atoms with Crippen molar-refractivity contribution in [1.82, 2.24) is 18.4 Å². The van der Waals surface area contributed by atoms with Gasteiger partial charge in [0, 0.05) is 63.5 Å². The number of piperazine rings is 1. The summed E-state index contributed by atoms with van der Waals surface area (Å²) in [4.78, 5) is 30.2. The summed E-state index contributed by atoms with van der Waals surface area (Å²) in [5, 5.41) is 0. The van der Waals surface area contributed by atoms with E-state index in [-0.39, 0.29) is 21.6 Å². The van der Waals surface area contributed by atoms with Crippen LogP contribution in [0, 0.1) is 0 Å². The van der Waals surface area contributed by atoms with Crippen molar-refractivity contribution in [2.45, 2.75) is 35.7 Å². The van der Waals surface area contributed by atoms with E-state index in [9.17, 15) is 26.4 Å². The van der Waals surface area contributed by atoms with Crippen LogP contribution in [0.3, 0.4) is 0 Å². The molecule has 0 N–H and O–H groups in total. The van der Waals surface area contributed by atoms with Gasteiger partial charge in [0.1, 0.15) is 0 Å². The van der Waals surface area contributed by atoms with Crippen LogP contribution in [0.15, 0.2) is 107 Å². The Hall–Kier alpha value is -4.36. The van der Waals surface area contributed by atoms with Crippen molar-refractivity contribution in [1.29, 1.82) is 0 Å². The average Bonchev–Trinajstić information content (AvgIpc) is 3.14. The Morgan fingerprint density at radius 1 is 0.438 bits per heavy atom. The third-order valence-electron chi connectivity index (χ3n) is 9.52. The van der Waals surface area contributed by atoms with E-state index in [1.165, 1.54) is 32.9 Å². The van der Waals surface area contributed by atoms with E-state index in [0.717, 1.165) is 22.3 Å². The van der Waals surface area contributed by atoms with E-state index in [2.05, 4.69) is 0 Å². The van der Waals surface area contributed by atoms with Gasteiger partial charge in [-0.1, -0.05) is 48.5 Å². The molecule has 0 aromatic heterocycles. The summed E-state index contributed by atoms with van der Waals surface area (Å²) in [7, 11) is -7.43. The zero-order valence-electron chi connectivity index (χ0n) is 26.4. The zero-order chi connectivity index (χ0) is 33.5. The highest BCUT2D eigenvalue weighted by molar-refractivity contribution is 7.89. The van der Waals surface area contributed by atoms with Crippen molar-refractivity contribution in [3.8, 4) is 0 Å². The van der Waals surface area contributed by atoms with Crippen molar-refractivity contribution in [2.24, 2.45) is 0 Å². The number of hydrogen-bond acceptors (Lipinski definition) is 6. The number of amides is 2. The lowest BCUT2D eigenvalue weighted by molar-refractivity contribution is 0.0535. The Labute approximate surface area is 281 Å². The van der Waals surface area contributed by atoms with E-state index in [4.69, 9.17) is 0 Å². The minimum absolute atomic E-state index is 0.147. The van der Waals surface area contributed by atoms with Gasteiger partial charge in [-0.15, -0.1) is 0 Å². The second kappa shape index (κ2) is 12.9. The summed E-state index contributed by atoms with van der Waals surface area (Å²) in [6, 6.07) is 27.8. The van der Waals surface area contributed by atoms with Gasteiger partial charge in [0.25, 0.3) is 11.8 Å². The molecule has 0 unspecified atom stereocenters. The topological polar surface area (TPSA) is 115 Å². The largest absolute Gasteiger partial charge is 0.335 e. The lowest BCUT2D eigenvalue weighted by Gasteiger charge is -2.35. The van der Waals surface area contributed by atoms with E-state index >= 15 is 0 Å². The van der Waals surface area contributed by atoms with Crippen LogP contribution < -0.4 is 0 Å². The molecule has 1 saturated heterocycles. The molecule has 7 rings (SSSR count). The molecule has 10 nitrogen and oxygen atoms in total.